The first-order valence-corrected chi connectivity index (χ1v) is 14.6. The second-order valence-electron chi connectivity index (χ2n) is 11.3. The van der Waals surface area contributed by atoms with Crippen molar-refractivity contribution in [2.75, 3.05) is 38.3 Å². The number of pyridine rings is 1. The van der Waals surface area contributed by atoms with E-state index in [-0.39, 0.29) is 52.6 Å². The smallest absolute Gasteiger partial charge is 0.318 e. The molecule has 1 N–H and O–H groups in total. The van der Waals surface area contributed by atoms with Crippen LogP contribution in [0.4, 0.5) is 23.4 Å². The van der Waals surface area contributed by atoms with Gasteiger partial charge in [-0.25, -0.2) is 22.5 Å². The third kappa shape index (κ3) is 5.50. The van der Waals surface area contributed by atoms with E-state index in [4.69, 9.17) is 21.1 Å². The van der Waals surface area contributed by atoms with Crippen molar-refractivity contribution in [1.29, 1.82) is 0 Å². The standard InChI is InChI=1S/C22H20ClF3N4O3.C7H12FN/c1-9-8-33-21-16-19(28-22(32-2)29-20(16)30(9)7-14(24)25)17(26)18(27-21)12-5-11(31)6-13(23)15(12)10-3-4-10;8-6-4-7-2-1-3-9(7)5-6/h5-6,9-10,14,31H,3-4,7-8H2,1-2H3;6-7H,1-5H2/t9-;/m0./s1. The summed E-state index contributed by atoms with van der Waals surface area (Å²) >= 11 is 6.40. The van der Waals surface area contributed by atoms with E-state index in [2.05, 4.69) is 19.9 Å². The number of fused-ring (bicyclic) bond motifs is 1. The first kappa shape index (κ1) is 29.0. The van der Waals surface area contributed by atoms with Crippen LogP contribution in [0.2, 0.25) is 5.02 Å². The van der Waals surface area contributed by atoms with E-state index in [0.717, 1.165) is 25.8 Å². The van der Waals surface area contributed by atoms with Crippen LogP contribution in [0.5, 0.6) is 17.6 Å². The molecule has 4 aliphatic rings. The minimum absolute atomic E-state index is 0.0175. The molecule has 0 spiro atoms. The zero-order valence-electron chi connectivity index (χ0n) is 23.3. The van der Waals surface area contributed by atoms with Crippen LogP contribution in [0.25, 0.3) is 22.2 Å². The number of phenols is 1. The quantitative estimate of drug-likeness (QED) is 0.347. The summed E-state index contributed by atoms with van der Waals surface area (Å²) in [7, 11) is 1.31. The molecule has 3 aliphatic heterocycles. The summed E-state index contributed by atoms with van der Waals surface area (Å²) in [6, 6.07) is 2.76. The van der Waals surface area contributed by atoms with Crippen LogP contribution in [0, 0.1) is 5.82 Å². The highest BCUT2D eigenvalue weighted by Crippen LogP contribution is 2.50. The molecule has 226 valence electrons. The number of ether oxygens (including phenoxy) is 2. The molecule has 3 atom stereocenters. The Morgan fingerprint density at radius 2 is 1.98 bits per heavy atom. The Hall–Kier alpha value is -3.12. The fraction of sp³-hybridized carbons (Fsp3) is 0.552. The minimum Gasteiger partial charge on any atom is -0.508 e. The number of methoxy groups -OCH3 is 1. The summed E-state index contributed by atoms with van der Waals surface area (Å²) in [6.07, 6.45) is 1.93. The van der Waals surface area contributed by atoms with Gasteiger partial charge in [-0.2, -0.15) is 9.97 Å². The number of benzene rings is 1. The van der Waals surface area contributed by atoms with E-state index in [1.807, 2.05) is 0 Å². The first-order chi connectivity index (χ1) is 20.1. The Morgan fingerprint density at radius 1 is 1.19 bits per heavy atom. The number of nitrogens with zero attached hydrogens (tertiary/aromatic N) is 5. The van der Waals surface area contributed by atoms with Gasteiger partial charge in [0.05, 0.1) is 19.7 Å². The van der Waals surface area contributed by atoms with Gasteiger partial charge in [0.25, 0.3) is 6.43 Å². The fourth-order valence-corrected chi connectivity index (χ4v) is 6.58. The van der Waals surface area contributed by atoms with E-state index in [9.17, 15) is 18.3 Å². The average Bonchev–Trinajstić information content (AvgIpc) is 3.61. The van der Waals surface area contributed by atoms with Crippen LogP contribution in [0.3, 0.4) is 0 Å². The fourth-order valence-electron chi connectivity index (χ4n) is 6.21. The molecule has 3 aromatic rings. The normalized spacial score (nSPS) is 23.4. The molecule has 42 heavy (non-hydrogen) atoms. The Morgan fingerprint density at radius 3 is 2.67 bits per heavy atom. The molecule has 13 heteroatoms. The maximum Gasteiger partial charge on any atom is 0.318 e. The van der Waals surface area contributed by atoms with Gasteiger partial charge < -0.3 is 19.5 Å². The van der Waals surface area contributed by atoms with Crippen molar-refractivity contribution in [3.8, 4) is 28.9 Å². The van der Waals surface area contributed by atoms with E-state index >= 15 is 4.39 Å². The number of hydrogen-bond donors (Lipinski definition) is 1. The Kier molecular flexibility index (Phi) is 7.95. The van der Waals surface area contributed by atoms with Crippen LogP contribution in [0.1, 0.15) is 50.5 Å². The predicted octanol–water partition coefficient (Wildman–Crippen LogP) is 6.12. The van der Waals surface area contributed by atoms with Crippen LogP contribution in [-0.4, -0.2) is 83.0 Å². The number of alkyl halides is 3. The predicted molar refractivity (Wildman–Crippen MR) is 150 cm³/mol. The number of hydrogen-bond acceptors (Lipinski definition) is 8. The van der Waals surface area contributed by atoms with Crippen LogP contribution in [-0.2, 0) is 0 Å². The summed E-state index contributed by atoms with van der Waals surface area (Å²) < 4.78 is 66.3. The molecule has 3 fully saturated rings. The van der Waals surface area contributed by atoms with Gasteiger partial charge in [0.1, 0.15) is 40.9 Å². The molecule has 7 rings (SSSR count). The van der Waals surface area contributed by atoms with Crippen molar-refractivity contribution in [2.24, 2.45) is 0 Å². The number of rotatable bonds is 5. The lowest BCUT2D eigenvalue weighted by Crippen LogP contribution is -2.40. The van der Waals surface area contributed by atoms with Gasteiger partial charge in [-0.05, 0) is 69.2 Å². The second kappa shape index (κ2) is 11.5. The molecule has 1 aliphatic carbocycles. The Balaban J connectivity index is 0.000000296. The Bertz CT molecular complexity index is 1480. The van der Waals surface area contributed by atoms with Gasteiger partial charge in [-0.1, -0.05) is 11.6 Å². The minimum atomic E-state index is -2.65. The molecule has 1 aromatic carbocycles. The molecular weight excluding hydrogens is 578 g/mol. The summed E-state index contributed by atoms with van der Waals surface area (Å²) in [5.41, 5.74) is 0.753. The SMILES string of the molecule is COc1nc2c3c(nc(-c4cc(O)cc(Cl)c4C4CC4)c(F)c3n1)OC[C@H](C)N2CC(F)F.FC1CC2CCCN2C1. The molecule has 2 unspecified atom stereocenters. The third-order valence-corrected chi connectivity index (χ3v) is 8.62. The molecule has 1 saturated carbocycles. The highest BCUT2D eigenvalue weighted by Gasteiger charge is 2.36. The number of anilines is 1. The van der Waals surface area contributed by atoms with Gasteiger partial charge in [-0.15, -0.1) is 0 Å². The monoisotopic (exact) mass is 609 g/mol. The molecule has 0 bridgehead atoms. The molecule has 5 heterocycles. The molecule has 8 nitrogen and oxygen atoms in total. The van der Waals surface area contributed by atoms with Crippen molar-refractivity contribution in [2.45, 2.75) is 69.6 Å². The zero-order valence-corrected chi connectivity index (χ0v) is 24.1. The average molecular weight is 610 g/mol. The maximum absolute atomic E-state index is 16.0. The molecule has 0 radical (unpaired) electrons. The van der Waals surface area contributed by atoms with E-state index in [1.165, 1.54) is 37.0 Å². The first-order valence-electron chi connectivity index (χ1n) is 14.2. The number of phenolic OH excluding ortho intramolecular Hbond substituents is 1. The van der Waals surface area contributed by atoms with Crippen molar-refractivity contribution >= 4 is 28.3 Å². The lowest BCUT2D eigenvalue weighted by atomic mass is 9.98. The number of aromatic nitrogens is 3. The van der Waals surface area contributed by atoms with Crippen LogP contribution < -0.4 is 14.4 Å². The highest BCUT2D eigenvalue weighted by molar-refractivity contribution is 6.32. The lowest BCUT2D eigenvalue weighted by Gasteiger charge is -2.28. The maximum atomic E-state index is 16.0. The van der Waals surface area contributed by atoms with E-state index in [1.54, 1.807) is 6.92 Å². The molecule has 0 amide bonds. The number of halogens is 5. The summed E-state index contributed by atoms with van der Waals surface area (Å²) in [5.74, 6) is -0.739. The third-order valence-electron chi connectivity index (χ3n) is 8.31. The highest BCUT2D eigenvalue weighted by atomic mass is 35.5. The molecular formula is C29H32ClF4N5O3. The molecule has 2 saturated heterocycles. The summed E-state index contributed by atoms with van der Waals surface area (Å²) in [6.45, 7) is 2.95. The van der Waals surface area contributed by atoms with Crippen LogP contribution >= 0.6 is 11.6 Å². The van der Waals surface area contributed by atoms with E-state index in [0.29, 0.717) is 28.7 Å². The second-order valence-corrected chi connectivity index (χ2v) is 11.7. The van der Waals surface area contributed by atoms with Gasteiger partial charge in [0.2, 0.25) is 5.88 Å². The van der Waals surface area contributed by atoms with Crippen LogP contribution in [0.15, 0.2) is 12.1 Å². The van der Waals surface area contributed by atoms with Crippen molar-refractivity contribution < 1.29 is 32.1 Å². The Labute approximate surface area is 245 Å². The van der Waals surface area contributed by atoms with Crippen molar-refractivity contribution in [1.82, 2.24) is 19.9 Å². The van der Waals surface area contributed by atoms with Gasteiger partial charge in [0, 0.05) is 23.2 Å². The summed E-state index contributed by atoms with van der Waals surface area (Å²) in [4.78, 5) is 16.4. The van der Waals surface area contributed by atoms with Crippen molar-refractivity contribution in [3.63, 3.8) is 0 Å². The van der Waals surface area contributed by atoms with Gasteiger partial charge in [-0.3, -0.25) is 4.90 Å². The number of aromatic hydroxyl groups is 1. The van der Waals surface area contributed by atoms with Gasteiger partial charge >= 0.3 is 6.01 Å². The molecule has 2 aromatic heterocycles. The van der Waals surface area contributed by atoms with Crippen molar-refractivity contribution in [3.05, 3.63) is 28.5 Å². The topological polar surface area (TPSA) is 83.8 Å². The summed E-state index contributed by atoms with van der Waals surface area (Å²) in [5, 5.41) is 10.6. The van der Waals surface area contributed by atoms with Gasteiger partial charge in [0.15, 0.2) is 5.82 Å². The lowest BCUT2D eigenvalue weighted by molar-refractivity contribution is 0.149. The largest absolute Gasteiger partial charge is 0.508 e. The van der Waals surface area contributed by atoms with E-state index < -0.39 is 31.0 Å². The zero-order chi connectivity index (χ0) is 29.7.